The van der Waals surface area contributed by atoms with E-state index in [2.05, 4.69) is 4.98 Å². The molecule has 0 saturated heterocycles. The number of hydrogen-bond acceptors (Lipinski definition) is 3. The number of nitro groups is 1. The third-order valence-electron chi connectivity index (χ3n) is 1.94. The number of halogens is 2. The lowest BCUT2D eigenvalue weighted by Crippen LogP contribution is -1.92. The average molecular weight is 335 g/mol. The molecule has 1 aromatic heterocycles. The van der Waals surface area contributed by atoms with Crippen LogP contribution in [0.3, 0.4) is 0 Å². The number of rotatable bonds is 1. The summed E-state index contributed by atoms with van der Waals surface area (Å²) in [7, 11) is 0. The third kappa shape index (κ3) is 1.89. The summed E-state index contributed by atoms with van der Waals surface area (Å²) in [5, 5.41) is 11.6. The van der Waals surface area contributed by atoms with E-state index >= 15 is 0 Å². The Hall–Kier alpha value is -0.950. The molecule has 0 fully saturated rings. The largest absolute Gasteiger partial charge is 0.278 e. The normalized spacial score (nSPS) is 10.5. The van der Waals surface area contributed by atoms with E-state index in [9.17, 15) is 10.1 Å². The predicted molar refractivity (Wildman–Crippen MR) is 66.1 cm³/mol. The Morgan fingerprint density at radius 1 is 1.47 bits per heavy atom. The van der Waals surface area contributed by atoms with Crippen LogP contribution in [0.25, 0.3) is 10.9 Å². The van der Waals surface area contributed by atoms with Crippen molar-refractivity contribution in [1.29, 1.82) is 0 Å². The number of fused-ring (bicyclic) bond motifs is 1. The van der Waals surface area contributed by atoms with Gasteiger partial charge in [-0.2, -0.15) is 0 Å². The highest BCUT2D eigenvalue weighted by Gasteiger charge is 2.13. The molecule has 1 heterocycles. The quantitative estimate of drug-likeness (QED) is 0.348. The maximum atomic E-state index is 10.7. The van der Waals surface area contributed by atoms with Crippen LogP contribution in [0.1, 0.15) is 0 Å². The van der Waals surface area contributed by atoms with Crippen LogP contribution in [0, 0.1) is 13.8 Å². The van der Waals surface area contributed by atoms with Crippen molar-refractivity contribution in [1.82, 2.24) is 4.98 Å². The summed E-state index contributed by atoms with van der Waals surface area (Å²) in [6.45, 7) is 0. The fourth-order valence-electron chi connectivity index (χ4n) is 1.29. The SMILES string of the molecule is O=[N+]([O-])c1cccc2nc(I)c(Cl)cc12. The Bertz CT molecular complexity index is 559. The van der Waals surface area contributed by atoms with Crippen LogP contribution < -0.4 is 0 Å². The van der Waals surface area contributed by atoms with Crippen molar-refractivity contribution in [2.45, 2.75) is 0 Å². The van der Waals surface area contributed by atoms with Crippen LogP contribution in [0.4, 0.5) is 5.69 Å². The highest BCUT2D eigenvalue weighted by Crippen LogP contribution is 2.28. The first-order chi connectivity index (χ1) is 7.09. The van der Waals surface area contributed by atoms with Gasteiger partial charge in [-0.25, -0.2) is 4.98 Å². The van der Waals surface area contributed by atoms with Gasteiger partial charge in [0.2, 0.25) is 0 Å². The monoisotopic (exact) mass is 334 g/mol. The van der Waals surface area contributed by atoms with Gasteiger partial charge in [0.05, 0.1) is 20.8 Å². The third-order valence-corrected chi connectivity index (χ3v) is 3.37. The minimum atomic E-state index is -0.437. The minimum Gasteiger partial charge on any atom is -0.258 e. The number of benzene rings is 1. The first-order valence-corrected chi connectivity index (χ1v) is 5.44. The Labute approximate surface area is 104 Å². The first-order valence-electron chi connectivity index (χ1n) is 3.99. The molecule has 0 bridgehead atoms. The summed E-state index contributed by atoms with van der Waals surface area (Å²) >= 11 is 7.86. The second kappa shape index (κ2) is 3.90. The van der Waals surface area contributed by atoms with E-state index in [4.69, 9.17) is 11.6 Å². The smallest absolute Gasteiger partial charge is 0.258 e. The van der Waals surface area contributed by atoms with Gasteiger partial charge in [-0.05, 0) is 34.7 Å². The summed E-state index contributed by atoms with van der Waals surface area (Å²) in [5.41, 5.74) is 0.608. The molecule has 0 spiro atoms. The maximum absolute atomic E-state index is 10.7. The molecule has 6 heteroatoms. The second-order valence-electron chi connectivity index (χ2n) is 2.86. The van der Waals surface area contributed by atoms with Crippen LogP contribution in [0.15, 0.2) is 24.3 Å². The minimum absolute atomic E-state index is 0.0262. The van der Waals surface area contributed by atoms with Gasteiger partial charge in [0, 0.05) is 6.07 Å². The molecule has 76 valence electrons. The fraction of sp³-hybridized carbons (Fsp3) is 0. The van der Waals surface area contributed by atoms with Gasteiger partial charge in [-0.3, -0.25) is 10.1 Å². The Kier molecular flexibility index (Phi) is 2.74. The number of pyridine rings is 1. The Balaban J connectivity index is 2.86. The molecular weight excluding hydrogens is 330 g/mol. The zero-order chi connectivity index (χ0) is 11.0. The molecule has 2 aromatic rings. The summed E-state index contributed by atoms with van der Waals surface area (Å²) in [4.78, 5) is 14.5. The number of aromatic nitrogens is 1. The molecule has 4 nitrogen and oxygen atoms in total. The van der Waals surface area contributed by atoms with Crippen LogP contribution in [-0.2, 0) is 0 Å². The molecule has 0 atom stereocenters. The van der Waals surface area contributed by atoms with Crippen LogP contribution in [0.5, 0.6) is 0 Å². The molecule has 0 amide bonds. The van der Waals surface area contributed by atoms with Crippen molar-refractivity contribution in [3.8, 4) is 0 Å². The van der Waals surface area contributed by atoms with Gasteiger partial charge < -0.3 is 0 Å². The van der Waals surface area contributed by atoms with Crippen LogP contribution in [0.2, 0.25) is 5.02 Å². The molecule has 0 aliphatic rings. The highest BCUT2D eigenvalue weighted by molar-refractivity contribution is 14.1. The summed E-state index contributed by atoms with van der Waals surface area (Å²) in [6.07, 6.45) is 0. The molecular formula is C9H4ClIN2O2. The van der Waals surface area contributed by atoms with E-state index in [-0.39, 0.29) is 5.69 Å². The van der Waals surface area contributed by atoms with Crippen molar-refractivity contribution in [3.05, 3.63) is 43.1 Å². The molecule has 0 aliphatic heterocycles. The maximum Gasteiger partial charge on any atom is 0.278 e. The molecule has 2 rings (SSSR count). The van der Waals surface area contributed by atoms with E-state index in [0.717, 1.165) is 0 Å². The van der Waals surface area contributed by atoms with Gasteiger partial charge >= 0.3 is 0 Å². The zero-order valence-corrected chi connectivity index (χ0v) is 10.2. The number of nitrogens with zero attached hydrogens (tertiary/aromatic N) is 2. The highest BCUT2D eigenvalue weighted by atomic mass is 127. The van der Waals surface area contributed by atoms with Crippen LogP contribution in [-0.4, -0.2) is 9.91 Å². The van der Waals surface area contributed by atoms with Crippen molar-refractivity contribution < 1.29 is 4.92 Å². The summed E-state index contributed by atoms with van der Waals surface area (Å²) < 4.78 is 0.641. The first kappa shape index (κ1) is 10.6. The van der Waals surface area contributed by atoms with E-state index in [1.54, 1.807) is 18.2 Å². The molecule has 0 N–H and O–H groups in total. The van der Waals surface area contributed by atoms with Crippen LogP contribution >= 0.6 is 34.2 Å². The Morgan fingerprint density at radius 2 is 2.20 bits per heavy atom. The van der Waals surface area contributed by atoms with E-state index < -0.39 is 4.92 Å². The van der Waals surface area contributed by atoms with E-state index in [1.807, 2.05) is 22.6 Å². The molecule has 0 unspecified atom stereocenters. The molecule has 0 saturated carbocycles. The van der Waals surface area contributed by atoms with Gasteiger partial charge in [0.15, 0.2) is 0 Å². The standard InChI is InChI=1S/C9H4ClIN2O2/c10-6-4-5-7(12-9(6)11)2-1-3-8(5)13(14)15/h1-4H. The number of hydrogen-bond donors (Lipinski definition) is 0. The average Bonchev–Trinajstić information content (AvgIpc) is 2.18. The zero-order valence-electron chi connectivity index (χ0n) is 7.28. The van der Waals surface area contributed by atoms with Gasteiger partial charge in [-0.15, -0.1) is 0 Å². The fourth-order valence-corrected chi connectivity index (χ4v) is 1.86. The number of non-ortho nitro benzene ring substituents is 1. The second-order valence-corrected chi connectivity index (χ2v) is 4.29. The lowest BCUT2D eigenvalue weighted by atomic mass is 10.2. The molecule has 15 heavy (non-hydrogen) atoms. The topological polar surface area (TPSA) is 56.0 Å². The number of nitro benzene ring substituents is 1. The van der Waals surface area contributed by atoms with Crippen molar-refractivity contribution >= 4 is 50.8 Å². The van der Waals surface area contributed by atoms with Crippen molar-refractivity contribution in [2.24, 2.45) is 0 Å². The molecule has 0 aliphatic carbocycles. The molecule has 1 aromatic carbocycles. The van der Waals surface area contributed by atoms with Gasteiger partial charge in [-0.1, -0.05) is 17.7 Å². The summed E-state index contributed by atoms with van der Waals surface area (Å²) in [6, 6.07) is 6.34. The van der Waals surface area contributed by atoms with Gasteiger partial charge in [0.1, 0.15) is 3.70 Å². The predicted octanol–water partition coefficient (Wildman–Crippen LogP) is 3.40. The Morgan fingerprint density at radius 3 is 2.87 bits per heavy atom. The lowest BCUT2D eigenvalue weighted by Gasteiger charge is -2.00. The van der Waals surface area contributed by atoms with E-state index in [1.165, 1.54) is 6.07 Å². The van der Waals surface area contributed by atoms with E-state index in [0.29, 0.717) is 19.6 Å². The van der Waals surface area contributed by atoms with Crippen molar-refractivity contribution in [3.63, 3.8) is 0 Å². The molecule has 0 radical (unpaired) electrons. The van der Waals surface area contributed by atoms with Crippen molar-refractivity contribution in [2.75, 3.05) is 0 Å². The lowest BCUT2D eigenvalue weighted by molar-refractivity contribution is -0.383. The summed E-state index contributed by atoms with van der Waals surface area (Å²) in [5.74, 6) is 0. The van der Waals surface area contributed by atoms with Gasteiger partial charge in [0.25, 0.3) is 5.69 Å².